The molecule has 0 bridgehead atoms. The maximum absolute atomic E-state index is 13.5. The molecule has 7 nitrogen and oxygen atoms in total. The fourth-order valence-corrected chi connectivity index (χ4v) is 6.77. The first-order valence-corrected chi connectivity index (χ1v) is 10.6. The molecule has 1 heterocycles. The molecule has 2 saturated carbocycles. The molecular weight excluding hydrogens is 388 g/mol. The molecule has 0 radical (unpaired) electrons. The van der Waals surface area contributed by atoms with E-state index in [1.807, 2.05) is 13.8 Å². The predicted octanol–water partition coefficient (Wildman–Crippen LogP) is 2.79. The largest absolute Gasteiger partial charge is 0.469 e. The first-order chi connectivity index (χ1) is 14.0. The Labute approximate surface area is 176 Å². The summed E-state index contributed by atoms with van der Waals surface area (Å²) >= 11 is 0. The lowest BCUT2D eigenvalue weighted by atomic mass is 9.40. The number of methoxy groups -OCH3 is 1. The Balaban J connectivity index is 1.94. The molecule has 1 aromatic rings. The topological polar surface area (TPSA) is 103 Å². The highest BCUT2D eigenvalue weighted by Gasteiger charge is 2.74. The Bertz CT molecular complexity index is 899. The molecule has 0 aliphatic heterocycles. The molecule has 1 N–H and O–H groups in total. The number of aliphatic hydroxyl groups is 1. The lowest BCUT2D eigenvalue weighted by molar-refractivity contribution is -0.276. The Morgan fingerprint density at radius 1 is 1.27 bits per heavy atom. The number of hydrogen-bond acceptors (Lipinski definition) is 7. The molecular formula is C23H30O7. The number of hydrogen-bond donors (Lipinski definition) is 1. The van der Waals surface area contributed by atoms with Crippen LogP contribution >= 0.6 is 0 Å². The summed E-state index contributed by atoms with van der Waals surface area (Å²) in [5.74, 6) is -1.64. The Kier molecular flexibility index (Phi) is 4.69. The normalized spacial score (nSPS) is 39.3. The van der Waals surface area contributed by atoms with Crippen molar-refractivity contribution in [2.45, 2.75) is 71.0 Å². The number of furan rings is 1. The van der Waals surface area contributed by atoms with E-state index in [2.05, 4.69) is 0 Å². The molecule has 0 unspecified atom stereocenters. The van der Waals surface area contributed by atoms with Crippen LogP contribution in [0.1, 0.15) is 64.2 Å². The number of carbonyl (C=O) groups excluding carboxylic acids is 3. The molecule has 4 rings (SSSR count). The smallest absolute Gasteiger partial charge is 0.313 e. The highest BCUT2D eigenvalue weighted by atomic mass is 16.6. The van der Waals surface area contributed by atoms with Crippen molar-refractivity contribution in [3.05, 3.63) is 23.7 Å². The average Bonchev–Trinajstić information content (AvgIpc) is 3.15. The first kappa shape index (κ1) is 21.1. The molecule has 3 aliphatic carbocycles. The molecule has 3 aliphatic rings. The molecule has 6 atom stereocenters. The van der Waals surface area contributed by atoms with Crippen molar-refractivity contribution in [2.24, 2.45) is 22.7 Å². The van der Waals surface area contributed by atoms with Gasteiger partial charge in [0.25, 0.3) is 0 Å². The second-order valence-electron chi connectivity index (χ2n) is 9.88. The molecule has 2 fully saturated rings. The SMILES string of the molecule is COC(=O)[C@@H]1c2ccoc2C[C@H]2[C@H]1C[C@H](OC(C)=O)[C@@]1(O)C(C)(C)CCC(=O)[C@]21C. The number of rotatable bonds is 2. The summed E-state index contributed by atoms with van der Waals surface area (Å²) in [7, 11) is 1.34. The summed E-state index contributed by atoms with van der Waals surface area (Å²) in [6, 6.07) is 1.77. The van der Waals surface area contributed by atoms with Crippen molar-refractivity contribution in [3.8, 4) is 0 Å². The van der Waals surface area contributed by atoms with Crippen LogP contribution in [0.2, 0.25) is 0 Å². The van der Waals surface area contributed by atoms with Crippen LogP contribution in [0.3, 0.4) is 0 Å². The summed E-state index contributed by atoms with van der Waals surface area (Å²) in [5.41, 5.74) is -2.67. The van der Waals surface area contributed by atoms with Crippen molar-refractivity contribution in [2.75, 3.05) is 7.11 Å². The van der Waals surface area contributed by atoms with Crippen molar-refractivity contribution in [1.29, 1.82) is 0 Å². The van der Waals surface area contributed by atoms with Gasteiger partial charge in [-0.05, 0) is 43.1 Å². The molecule has 30 heavy (non-hydrogen) atoms. The van der Waals surface area contributed by atoms with Crippen LogP contribution in [0.5, 0.6) is 0 Å². The van der Waals surface area contributed by atoms with Crippen LogP contribution in [0, 0.1) is 22.7 Å². The van der Waals surface area contributed by atoms with Crippen molar-refractivity contribution >= 4 is 17.7 Å². The van der Waals surface area contributed by atoms with Crippen LogP contribution in [-0.2, 0) is 30.3 Å². The number of carbonyl (C=O) groups is 3. The fourth-order valence-electron chi connectivity index (χ4n) is 6.77. The molecule has 1 aromatic heterocycles. The van der Waals surface area contributed by atoms with E-state index in [4.69, 9.17) is 13.9 Å². The minimum atomic E-state index is -1.56. The van der Waals surface area contributed by atoms with Gasteiger partial charge in [-0.1, -0.05) is 13.8 Å². The van der Waals surface area contributed by atoms with Gasteiger partial charge in [0.15, 0.2) is 0 Å². The molecule has 164 valence electrons. The second-order valence-corrected chi connectivity index (χ2v) is 9.88. The van der Waals surface area contributed by atoms with Gasteiger partial charge in [0.2, 0.25) is 0 Å². The highest BCUT2D eigenvalue weighted by Crippen LogP contribution is 2.66. The summed E-state index contributed by atoms with van der Waals surface area (Å²) in [6.07, 6.45) is 2.18. The van der Waals surface area contributed by atoms with E-state index < -0.39 is 40.4 Å². The monoisotopic (exact) mass is 418 g/mol. The molecule has 0 saturated heterocycles. The fraction of sp³-hybridized carbons (Fsp3) is 0.696. The van der Waals surface area contributed by atoms with Crippen molar-refractivity contribution in [3.63, 3.8) is 0 Å². The molecule has 0 amide bonds. The average molecular weight is 418 g/mol. The number of ketones is 1. The van der Waals surface area contributed by atoms with Crippen molar-refractivity contribution in [1.82, 2.24) is 0 Å². The first-order valence-electron chi connectivity index (χ1n) is 10.6. The van der Waals surface area contributed by atoms with Gasteiger partial charge < -0.3 is 19.0 Å². The Morgan fingerprint density at radius 2 is 1.97 bits per heavy atom. The van der Waals surface area contributed by atoms with Crippen molar-refractivity contribution < 1.29 is 33.4 Å². The third kappa shape index (κ3) is 2.50. The van der Waals surface area contributed by atoms with Gasteiger partial charge in [-0.3, -0.25) is 14.4 Å². The zero-order valence-corrected chi connectivity index (χ0v) is 18.2. The van der Waals surface area contributed by atoms with Gasteiger partial charge >= 0.3 is 11.9 Å². The highest BCUT2D eigenvalue weighted by molar-refractivity contribution is 5.89. The van der Waals surface area contributed by atoms with Crippen LogP contribution < -0.4 is 0 Å². The molecule has 7 heteroatoms. The number of esters is 2. The number of fused-ring (bicyclic) bond motifs is 4. The van der Waals surface area contributed by atoms with Gasteiger partial charge in [-0.15, -0.1) is 0 Å². The summed E-state index contributed by atoms with van der Waals surface area (Å²) in [4.78, 5) is 38.3. The van der Waals surface area contributed by atoms with E-state index in [-0.39, 0.29) is 24.0 Å². The van der Waals surface area contributed by atoms with Gasteiger partial charge in [0, 0.05) is 25.3 Å². The van der Waals surface area contributed by atoms with Crippen LogP contribution in [0.15, 0.2) is 16.7 Å². The summed E-state index contributed by atoms with van der Waals surface area (Å²) in [5, 5.41) is 12.2. The van der Waals surface area contributed by atoms with Gasteiger partial charge in [0.1, 0.15) is 23.2 Å². The molecule has 0 spiro atoms. The second kappa shape index (κ2) is 6.67. The number of ether oxygens (including phenoxy) is 2. The zero-order valence-electron chi connectivity index (χ0n) is 18.2. The van der Waals surface area contributed by atoms with Gasteiger partial charge in [0.05, 0.1) is 24.7 Å². The summed E-state index contributed by atoms with van der Waals surface area (Å²) in [6.45, 7) is 6.93. The third-order valence-electron chi connectivity index (χ3n) is 8.30. The minimum Gasteiger partial charge on any atom is -0.469 e. The lowest BCUT2D eigenvalue weighted by Crippen LogP contribution is -2.75. The lowest BCUT2D eigenvalue weighted by Gasteiger charge is -2.66. The third-order valence-corrected chi connectivity index (χ3v) is 8.30. The Hall–Kier alpha value is -2.15. The van der Waals surface area contributed by atoms with Gasteiger partial charge in [-0.2, -0.15) is 0 Å². The predicted molar refractivity (Wildman–Crippen MR) is 105 cm³/mol. The quantitative estimate of drug-likeness (QED) is 0.737. The van der Waals surface area contributed by atoms with Crippen LogP contribution in [0.4, 0.5) is 0 Å². The maximum Gasteiger partial charge on any atom is 0.313 e. The number of Topliss-reactive ketones (excluding diaryl/α,β-unsaturated/α-hetero) is 1. The van der Waals surface area contributed by atoms with E-state index in [9.17, 15) is 19.5 Å². The minimum absolute atomic E-state index is 0.0604. The summed E-state index contributed by atoms with van der Waals surface area (Å²) < 4.78 is 16.5. The maximum atomic E-state index is 13.5. The van der Waals surface area contributed by atoms with Crippen LogP contribution in [0.25, 0.3) is 0 Å². The van der Waals surface area contributed by atoms with E-state index in [1.54, 1.807) is 19.3 Å². The standard InChI is InChI=1S/C23H30O7/c1-12(24)30-18-10-14-15(11-16-13(7-9-29-16)19(14)20(26)28-5)22(4)17(25)6-8-21(2,3)23(18,22)27/h7,9,14-15,18-19,27H,6,8,10-11H2,1-5H3/t14-,15+,18+,19-,22+,23-/m1/s1. The Morgan fingerprint density at radius 3 is 2.60 bits per heavy atom. The van der Waals surface area contributed by atoms with Gasteiger partial charge in [-0.25, -0.2) is 0 Å². The zero-order chi connectivity index (χ0) is 22.1. The van der Waals surface area contributed by atoms with Crippen LogP contribution in [-0.4, -0.2) is 41.6 Å². The van der Waals surface area contributed by atoms with E-state index in [0.29, 0.717) is 25.0 Å². The van der Waals surface area contributed by atoms with E-state index in [1.165, 1.54) is 14.0 Å². The van der Waals surface area contributed by atoms with E-state index >= 15 is 0 Å². The molecule has 0 aromatic carbocycles. The van der Waals surface area contributed by atoms with E-state index in [0.717, 1.165) is 5.56 Å².